The number of hydrogen-bond acceptors (Lipinski definition) is 7. The minimum absolute atomic E-state index is 0.0231. The molecule has 1 N–H and O–H groups in total. The molecule has 1 aromatic rings. The average molecular weight is 566 g/mol. The Hall–Kier alpha value is -1.88. The third-order valence-corrected chi connectivity index (χ3v) is 7.19. The lowest BCUT2D eigenvalue weighted by Crippen LogP contribution is -2.39. The highest BCUT2D eigenvalue weighted by Gasteiger charge is 2.24. The molecule has 33 heavy (non-hydrogen) atoms. The van der Waals surface area contributed by atoms with Crippen molar-refractivity contribution >= 4 is 44.5 Å². The molecule has 2 aliphatic rings. The van der Waals surface area contributed by atoms with Crippen LogP contribution in [-0.2, 0) is 9.59 Å². The number of rotatable bonds is 10. The van der Waals surface area contributed by atoms with Gasteiger partial charge in [0, 0.05) is 86.8 Å². The van der Waals surface area contributed by atoms with Gasteiger partial charge in [-0.1, -0.05) is 6.42 Å². The van der Waals surface area contributed by atoms with Gasteiger partial charge in [0.2, 0.25) is 15.6 Å². The van der Waals surface area contributed by atoms with Crippen molar-refractivity contribution in [2.24, 2.45) is 10.9 Å². The van der Waals surface area contributed by atoms with Gasteiger partial charge in [-0.05, 0) is 56.7 Å². The molecule has 1 fully saturated rings. The van der Waals surface area contributed by atoms with E-state index < -0.39 is 0 Å². The van der Waals surface area contributed by atoms with Gasteiger partial charge in [-0.15, -0.1) is 0 Å². The van der Waals surface area contributed by atoms with Crippen molar-refractivity contribution in [3.8, 4) is 0 Å². The van der Waals surface area contributed by atoms with E-state index in [1.165, 1.54) is 18.4 Å². The summed E-state index contributed by atoms with van der Waals surface area (Å²) in [6.07, 6.45) is 13.1. The average Bonchev–Trinajstić information content (AvgIpc) is 2.83. The fourth-order valence-electron chi connectivity index (χ4n) is 4.59. The summed E-state index contributed by atoms with van der Waals surface area (Å²) in [4.78, 5) is 40.9. The maximum Gasteiger partial charge on any atom is 0.240 e. The molecule has 3 rings (SSSR count). The molecule has 1 aromatic heterocycles. The number of likely N-dealkylation sites (N-methyl/N-ethyl adjacent to an activating group) is 2. The van der Waals surface area contributed by atoms with Crippen molar-refractivity contribution in [2.45, 2.75) is 57.9 Å². The zero-order chi connectivity index (χ0) is 23.8. The van der Waals surface area contributed by atoms with Gasteiger partial charge in [0.15, 0.2) is 0 Å². The normalized spacial score (nSPS) is 22.7. The van der Waals surface area contributed by atoms with E-state index in [9.17, 15) is 9.59 Å². The first-order valence-corrected chi connectivity index (χ1v) is 12.9. The number of halogens is 1. The van der Waals surface area contributed by atoms with E-state index >= 15 is 0 Å². The molecular formula is C24H35IN6O2. The second kappa shape index (κ2) is 12.5. The summed E-state index contributed by atoms with van der Waals surface area (Å²) in [6, 6.07) is 0.176. The van der Waals surface area contributed by atoms with Gasteiger partial charge in [0.25, 0.3) is 0 Å². The fraction of sp³-hybridized carbons (Fsp3) is 0.625. The van der Waals surface area contributed by atoms with Crippen LogP contribution in [0.3, 0.4) is 0 Å². The number of hydrogen-bond donors (Lipinski definition) is 1. The molecule has 1 amide bonds. The van der Waals surface area contributed by atoms with Crippen molar-refractivity contribution in [2.75, 3.05) is 38.1 Å². The molecule has 180 valence electrons. The molecule has 8 nitrogen and oxygen atoms in total. The number of amides is 1. The highest BCUT2D eigenvalue weighted by molar-refractivity contribution is 14.1. The largest absolute Gasteiger partial charge is 0.356 e. The number of aliphatic imine (C=N–C) groups is 1. The lowest BCUT2D eigenvalue weighted by atomic mass is 9.78. The topological polar surface area (TPSA) is 90.8 Å². The smallest absolute Gasteiger partial charge is 0.240 e. The number of nitrogens with one attached hydrogen (secondary N) is 1. The van der Waals surface area contributed by atoms with E-state index in [4.69, 9.17) is 9.97 Å². The van der Waals surface area contributed by atoms with Crippen molar-refractivity contribution in [1.82, 2.24) is 20.2 Å². The molecular weight excluding hydrogens is 531 g/mol. The van der Waals surface area contributed by atoms with Crippen LogP contribution in [-0.4, -0.2) is 70.0 Å². The number of anilines is 1. The van der Waals surface area contributed by atoms with Crippen molar-refractivity contribution in [3.63, 3.8) is 0 Å². The number of allylic oxidation sites excluding steroid dienone is 1. The Kier molecular flexibility index (Phi) is 9.78. The Morgan fingerprint density at radius 1 is 1.21 bits per heavy atom. The van der Waals surface area contributed by atoms with E-state index in [0.717, 1.165) is 51.4 Å². The Morgan fingerprint density at radius 2 is 1.97 bits per heavy atom. The first-order chi connectivity index (χ1) is 15.9. The summed E-state index contributed by atoms with van der Waals surface area (Å²) in [6.45, 7) is 6.93. The molecule has 1 aliphatic heterocycles. The third-order valence-electron chi connectivity index (χ3n) is 6.63. The lowest BCUT2D eigenvalue weighted by molar-refractivity contribution is -0.119. The Bertz CT molecular complexity index is 872. The summed E-state index contributed by atoms with van der Waals surface area (Å²) < 4.78 is -0.0231. The molecule has 3 atom stereocenters. The summed E-state index contributed by atoms with van der Waals surface area (Å²) in [5.74, 6) is 1.78. The zero-order valence-electron chi connectivity index (χ0n) is 19.8. The number of aromatic nitrogens is 2. The molecule has 9 heteroatoms. The van der Waals surface area contributed by atoms with Crippen LogP contribution in [0.5, 0.6) is 0 Å². The summed E-state index contributed by atoms with van der Waals surface area (Å²) >= 11 is 1.79. The first kappa shape index (κ1) is 25.7. The molecule has 3 unspecified atom stereocenters. The number of nitrogens with zero attached hydrogens (tertiary/aromatic N) is 5. The second-order valence-electron chi connectivity index (χ2n) is 8.98. The van der Waals surface area contributed by atoms with Gasteiger partial charge in [0.1, 0.15) is 5.70 Å². The fourth-order valence-corrected chi connectivity index (χ4v) is 4.91. The van der Waals surface area contributed by atoms with Gasteiger partial charge in [-0.25, -0.2) is 9.97 Å². The minimum Gasteiger partial charge on any atom is -0.356 e. The highest BCUT2D eigenvalue weighted by Crippen LogP contribution is 2.35. The molecule has 1 saturated carbocycles. The van der Waals surface area contributed by atoms with Crippen LogP contribution in [0.25, 0.3) is 0 Å². The van der Waals surface area contributed by atoms with E-state index in [0.29, 0.717) is 17.5 Å². The van der Waals surface area contributed by atoms with Gasteiger partial charge >= 0.3 is 0 Å². The van der Waals surface area contributed by atoms with Crippen LogP contribution >= 0.6 is 22.6 Å². The van der Waals surface area contributed by atoms with E-state index in [1.54, 1.807) is 29.5 Å². The summed E-state index contributed by atoms with van der Waals surface area (Å²) in [5, 5.41) is 2.96. The summed E-state index contributed by atoms with van der Waals surface area (Å²) in [7, 11) is 2.08. The van der Waals surface area contributed by atoms with E-state index in [2.05, 4.69) is 34.1 Å². The first-order valence-electron chi connectivity index (χ1n) is 11.8. The Labute approximate surface area is 210 Å². The molecule has 2 heterocycles. The monoisotopic (exact) mass is 566 g/mol. The van der Waals surface area contributed by atoms with Crippen LogP contribution in [0.4, 0.5) is 5.95 Å². The van der Waals surface area contributed by atoms with Crippen LogP contribution in [0.15, 0.2) is 29.2 Å². The predicted molar refractivity (Wildman–Crippen MR) is 140 cm³/mol. The minimum atomic E-state index is -0.0231. The van der Waals surface area contributed by atoms with Gasteiger partial charge in [-0.3, -0.25) is 19.5 Å². The summed E-state index contributed by atoms with van der Waals surface area (Å²) in [5.41, 5.74) is 1.73. The van der Waals surface area contributed by atoms with Gasteiger partial charge < -0.3 is 10.2 Å². The molecule has 1 aliphatic carbocycles. The SMILES string of the molecule is CCN(CCN(C)C1C=C(C(=O)I)N=CC1)c1ncc(C2CCCC(CNC(C)=O)C2)cn1. The highest BCUT2D eigenvalue weighted by atomic mass is 127. The van der Waals surface area contributed by atoms with Crippen LogP contribution in [0.1, 0.15) is 57.4 Å². The number of carbonyl (C=O) groups is 2. The zero-order valence-corrected chi connectivity index (χ0v) is 22.0. The standard InChI is InChI=1S/C24H35IN6O2/c1-4-31(11-10-30(3)21-8-9-26-22(13-21)23(25)33)24-28-15-20(16-29-24)19-7-5-6-18(12-19)14-27-17(2)32/h9,13,15-16,18-19,21H,4-8,10-12,14H2,1-3H3,(H,27,32). The molecule has 0 bridgehead atoms. The second-order valence-corrected chi connectivity index (χ2v) is 9.96. The maximum absolute atomic E-state index is 11.6. The van der Waals surface area contributed by atoms with Crippen molar-refractivity contribution in [1.29, 1.82) is 0 Å². The molecule has 0 saturated heterocycles. The molecule has 0 radical (unpaired) electrons. The quantitative estimate of drug-likeness (QED) is 0.345. The van der Waals surface area contributed by atoms with Gasteiger partial charge in [-0.2, -0.15) is 0 Å². The molecule has 0 spiro atoms. The van der Waals surface area contributed by atoms with Crippen molar-refractivity contribution in [3.05, 3.63) is 29.7 Å². The maximum atomic E-state index is 11.6. The van der Waals surface area contributed by atoms with Crippen LogP contribution in [0, 0.1) is 5.92 Å². The Balaban J connectivity index is 1.55. The lowest BCUT2D eigenvalue weighted by Gasteiger charge is -2.30. The molecule has 0 aromatic carbocycles. The number of carbonyl (C=O) groups excluding carboxylic acids is 2. The van der Waals surface area contributed by atoms with E-state index in [1.807, 2.05) is 24.7 Å². The third kappa shape index (κ3) is 7.56. The van der Waals surface area contributed by atoms with Gasteiger partial charge in [0.05, 0.1) is 0 Å². The van der Waals surface area contributed by atoms with Crippen molar-refractivity contribution < 1.29 is 9.59 Å². The van der Waals surface area contributed by atoms with Crippen LogP contribution in [0.2, 0.25) is 0 Å². The Morgan fingerprint density at radius 3 is 2.64 bits per heavy atom. The van der Waals surface area contributed by atoms with Crippen LogP contribution < -0.4 is 10.2 Å². The van der Waals surface area contributed by atoms with E-state index in [-0.39, 0.29) is 15.7 Å². The predicted octanol–water partition coefficient (Wildman–Crippen LogP) is 3.33.